The summed E-state index contributed by atoms with van der Waals surface area (Å²) in [4.78, 5) is 4.15. The highest BCUT2D eigenvalue weighted by Crippen LogP contribution is 2.35. The molecule has 0 amide bonds. The van der Waals surface area contributed by atoms with Gasteiger partial charge >= 0.3 is 0 Å². The lowest BCUT2D eigenvalue weighted by Crippen LogP contribution is -2.16. The van der Waals surface area contributed by atoms with Crippen LogP contribution in [0.4, 0.5) is 0 Å². The van der Waals surface area contributed by atoms with Crippen LogP contribution in [0.2, 0.25) is 0 Å². The Bertz CT molecular complexity index is 553. The molecule has 0 saturated carbocycles. The molecule has 2 aromatic rings. The van der Waals surface area contributed by atoms with Gasteiger partial charge in [0.05, 0.1) is 6.54 Å². The average Bonchev–Trinajstić information content (AvgIpc) is 2.99. The van der Waals surface area contributed by atoms with E-state index >= 15 is 0 Å². The fourth-order valence-corrected chi connectivity index (χ4v) is 1.92. The number of aryl methyl sites for hydroxylation is 1. The van der Waals surface area contributed by atoms with Gasteiger partial charge in [0.2, 0.25) is 6.79 Å². The monoisotopic (exact) mass is 246 g/mol. The molecule has 94 valence electrons. The van der Waals surface area contributed by atoms with Gasteiger partial charge < -0.3 is 14.8 Å². The highest BCUT2D eigenvalue weighted by atomic mass is 16.7. The first-order chi connectivity index (χ1) is 8.84. The maximum Gasteiger partial charge on any atom is 0.231 e. The number of benzene rings is 1. The Kier molecular flexibility index (Phi) is 2.85. The lowest BCUT2D eigenvalue weighted by molar-refractivity contribution is 0.173. The Hall–Kier alpha value is -2.08. The summed E-state index contributed by atoms with van der Waals surface area (Å²) < 4.78 is 12.5. The first-order valence-electron chi connectivity index (χ1n) is 5.75. The first-order valence-corrected chi connectivity index (χ1v) is 5.75. The van der Waals surface area contributed by atoms with Crippen molar-refractivity contribution in [1.82, 2.24) is 20.1 Å². The molecule has 0 unspecified atom stereocenters. The number of nitrogens with one attached hydrogen (secondary N) is 1. The van der Waals surface area contributed by atoms with Crippen LogP contribution in [0.25, 0.3) is 0 Å². The summed E-state index contributed by atoms with van der Waals surface area (Å²) in [6.45, 7) is 1.68. The molecule has 18 heavy (non-hydrogen) atoms. The van der Waals surface area contributed by atoms with Crippen LogP contribution in [-0.4, -0.2) is 21.6 Å². The fourth-order valence-electron chi connectivity index (χ4n) is 1.92. The van der Waals surface area contributed by atoms with E-state index in [2.05, 4.69) is 15.4 Å². The molecular weight excluding hydrogens is 232 g/mol. The van der Waals surface area contributed by atoms with Crippen molar-refractivity contribution in [2.75, 3.05) is 6.79 Å². The molecule has 1 aliphatic heterocycles. The zero-order valence-electron chi connectivity index (χ0n) is 10.1. The van der Waals surface area contributed by atoms with E-state index in [9.17, 15) is 0 Å². The Morgan fingerprint density at radius 3 is 3.11 bits per heavy atom. The average molecular weight is 246 g/mol. The summed E-state index contributed by atoms with van der Waals surface area (Å²) in [5.41, 5.74) is 1.09. The van der Waals surface area contributed by atoms with E-state index in [-0.39, 0.29) is 0 Å². The van der Waals surface area contributed by atoms with Crippen LogP contribution in [0.3, 0.4) is 0 Å². The van der Waals surface area contributed by atoms with Crippen molar-refractivity contribution in [3.63, 3.8) is 0 Å². The third-order valence-electron chi connectivity index (χ3n) is 2.88. The molecule has 3 rings (SSSR count). The molecule has 6 heteroatoms. The maximum absolute atomic E-state index is 5.45. The number of fused-ring (bicyclic) bond motifs is 1. The van der Waals surface area contributed by atoms with Gasteiger partial charge in [-0.2, -0.15) is 5.10 Å². The van der Waals surface area contributed by atoms with E-state index in [4.69, 9.17) is 9.47 Å². The van der Waals surface area contributed by atoms with Crippen LogP contribution in [0.15, 0.2) is 24.5 Å². The number of aromatic nitrogens is 3. The number of hydrogen-bond acceptors (Lipinski definition) is 5. The van der Waals surface area contributed by atoms with Crippen molar-refractivity contribution < 1.29 is 9.47 Å². The highest BCUT2D eigenvalue weighted by Gasteiger charge is 2.16. The maximum atomic E-state index is 5.45. The van der Waals surface area contributed by atoms with E-state index in [1.54, 1.807) is 11.0 Å². The number of rotatable bonds is 4. The number of nitrogens with zero attached hydrogens (tertiary/aromatic N) is 3. The predicted octanol–water partition coefficient (Wildman–Crippen LogP) is 0.834. The zero-order valence-corrected chi connectivity index (χ0v) is 10.1. The standard InChI is InChI=1S/C12H14N4O2/c1-16-11(14-7-15-16)6-13-5-9-3-2-4-10-12(9)18-8-17-10/h2-4,7,13H,5-6,8H2,1H3. The van der Waals surface area contributed by atoms with Gasteiger partial charge in [0, 0.05) is 19.2 Å². The van der Waals surface area contributed by atoms with Crippen molar-refractivity contribution in [3.8, 4) is 11.5 Å². The van der Waals surface area contributed by atoms with Gasteiger partial charge in [-0.15, -0.1) is 0 Å². The van der Waals surface area contributed by atoms with E-state index in [0.717, 1.165) is 22.9 Å². The molecule has 0 bridgehead atoms. The summed E-state index contributed by atoms with van der Waals surface area (Å²) in [6, 6.07) is 5.90. The second kappa shape index (κ2) is 4.66. The first kappa shape index (κ1) is 11.0. The normalized spacial score (nSPS) is 12.9. The van der Waals surface area contributed by atoms with Gasteiger partial charge in [0.15, 0.2) is 11.5 Å². The Balaban J connectivity index is 1.64. The third-order valence-corrected chi connectivity index (χ3v) is 2.88. The van der Waals surface area contributed by atoms with Crippen LogP contribution in [0.5, 0.6) is 11.5 Å². The van der Waals surface area contributed by atoms with Crippen molar-refractivity contribution in [1.29, 1.82) is 0 Å². The van der Waals surface area contributed by atoms with Crippen LogP contribution in [-0.2, 0) is 20.1 Å². The quantitative estimate of drug-likeness (QED) is 0.866. The third kappa shape index (κ3) is 2.02. The van der Waals surface area contributed by atoms with Crippen molar-refractivity contribution >= 4 is 0 Å². The summed E-state index contributed by atoms with van der Waals surface area (Å²) in [6.07, 6.45) is 1.55. The lowest BCUT2D eigenvalue weighted by Gasteiger charge is -2.07. The Morgan fingerprint density at radius 2 is 2.28 bits per heavy atom. The molecular formula is C12H14N4O2. The molecule has 0 radical (unpaired) electrons. The molecule has 0 aliphatic carbocycles. The minimum Gasteiger partial charge on any atom is -0.454 e. The van der Waals surface area contributed by atoms with Crippen LogP contribution in [0, 0.1) is 0 Å². The van der Waals surface area contributed by atoms with E-state index in [0.29, 0.717) is 19.9 Å². The topological polar surface area (TPSA) is 61.2 Å². The molecule has 2 heterocycles. The van der Waals surface area contributed by atoms with E-state index in [1.807, 2.05) is 25.2 Å². The molecule has 1 aromatic carbocycles. The molecule has 1 aromatic heterocycles. The van der Waals surface area contributed by atoms with E-state index < -0.39 is 0 Å². The molecule has 0 fully saturated rings. The number of para-hydroxylation sites is 1. The zero-order chi connectivity index (χ0) is 12.4. The lowest BCUT2D eigenvalue weighted by atomic mass is 10.2. The molecule has 1 aliphatic rings. The Morgan fingerprint density at radius 1 is 1.33 bits per heavy atom. The van der Waals surface area contributed by atoms with E-state index in [1.165, 1.54) is 0 Å². The number of hydrogen-bond donors (Lipinski definition) is 1. The smallest absolute Gasteiger partial charge is 0.231 e. The predicted molar refractivity (Wildman–Crippen MR) is 64.1 cm³/mol. The van der Waals surface area contributed by atoms with Crippen molar-refractivity contribution in [3.05, 3.63) is 35.9 Å². The highest BCUT2D eigenvalue weighted by molar-refractivity contribution is 5.48. The van der Waals surface area contributed by atoms with Gasteiger partial charge in [0.25, 0.3) is 0 Å². The summed E-state index contributed by atoms with van der Waals surface area (Å²) >= 11 is 0. The SMILES string of the molecule is Cn1ncnc1CNCc1cccc2c1OCO2. The van der Waals surface area contributed by atoms with Crippen molar-refractivity contribution in [2.45, 2.75) is 13.1 Å². The molecule has 6 nitrogen and oxygen atoms in total. The summed E-state index contributed by atoms with van der Waals surface area (Å²) in [5.74, 6) is 2.55. The fraction of sp³-hybridized carbons (Fsp3) is 0.333. The minimum absolute atomic E-state index is 0.301. The van der Waals surface area contributed by atoms with Gasteiger partial charge in [-0.05, 0) is 6.07 Å². The van der Waals surface area contributed by atoms with Crippen LogP contribution in [0.1, 0.15) is 11.4 Å². The Labute approximate surface area is 105 Å². The van der Waals surface area contributed by atoms with Gasteiger partial charge in [-0.1, -0.05) is 12.1 Å². The largest absolute Gasteiger partial charge is 0.454 e. The van der Waals surface area contributed by atoms with Gasteiger partial charge in [0.1, 0.15) is 12.2 Å². The second-order valence-electron chi connectivity index (χ2n) is 4.05. The summed E-state index contributed by atoms with van der Waals surface area (Å²) in [5, 5.41) is 7.34. The van der Waals surface area contributed by atoms with Crippen LogP contribution >= 0.6 is 0 Å². The van der Waals surface area contributed by atoms with Gasteiger partial charge in [-0.25, -0.2) is 4.98 Å². The molecule has 0 atom stereocenters. The molecule has 0 saturated heterocycles. The second-order valence-corrected chi connectivity index (χ2v) is 4.05. The van der Waals surface area contributed by atoms with Crippen LogP contribution < -0.4 is 14.8 Å². The minimum atomic E-state index is 0.301. The molecule has 1 N–H and O–H groups in total. The summed E-state index contributed by atoms with van der Waals surface area (Å²) in [7, 11) is 1.88. The van der Waals surface area contributed by atoms with Crippen molar-refractivity contribution in [2.24, 2.45) is 7.05 Å². The number of ether oxygens (including phenoxy) is 2. The molecule has 0 spiro atoms. The van der Waals surface area contributed by atoms with Gasteiger partial charge in [-0.3, -0.25) is 4.68 Å².